The molecule has 10 heteroatoms. The number of rotatable bonds is 6. The summed E-state index contributed by atoms with van der Waals surface area (Å²) in [6.45, 7) is 0. The fourth-order valence-electron chi connectivity index (χ4n) is 2.69. The van der Waals surface area contributed by atoms with E-state index in [0.717, 1.165) is 18.3 Å². The molecule has 0 saturated heterocycles. The second-order valence-electron chi connectivity index (χ2n) is 6.72. The molecule has 0 radical (unpaired) electrons. The summed E-state index contributed by atoms with van der Waals surface area (Å²) in [6, 6.07) is 13.1. The Labute approximate surface area is 185 Å². The number of carbonyl (C=O) groups is 3. The Kier molecular flexibility index (Phi) is 6.87. The van der Waals surface area contributed by atoms with E-state index in [4.69, 9.17) is 5.11 Å². The lowest BCUT2D eigenvalue weighted by atomic mass is 10.1. The number of halogens is 3. The topological polar surface area (TPSA) is 108 Å². The molecular weight excluding hydrogens is 439 g/mol. The summed E-state index contributed by atoms with van der Waals surface area (Å²) in [5.41, 5.74) is -0.229. The lowest BCUT2D eigenvalue weighted by Gasteiger charge is -2.10. The van der Waals surface area contributed by atoms with Crippen molar-refractivity contribution in [3.63, 3.8) is 0 Å². The van der Waals surface area contributed by atoms with Gasteiger partial charge in [-0.05, 0) is 54.1 Å². The molecule has 168 valence electrons. The summed E-state index contributed by atoms with van der Waals surface area (Å²) < 4.78 is 38.5. The number of aromatic carboxylic acids is 1. The molecule has 0 saturated carbocycles. The third-order valence-corrected chi connectivity index (χ3v) is 4.29. The summed E-state index contributed by atoms with van der Waals surface area (Å²) in [4.78, 5) is 39.1. The number of anilines is 2. The van der Waals surface area contributed by atoms with Crippen molar-refractivity contribution in [3.05, 3.63) is 95.2 Å². The molecule has 0 spiro atoms. The molecule has 0 bridgehead atoms. The fourth-order valence-corrected chi connectivity index (χ4v) is 2.69. The Bertz CT molecular complexity index is 1220. The maximum absolute atomic E-state index is 12.8. The van der Waals surface area contributed by atoms with Crippen LogP contribution < -0.4 is 10.6 Å². The molecule has 3 N–H and O–H groups in total. The van der Waals surface area contributed by atoms with Crippen molar-refractivity contribution >= 4 is 35.4 Å². The fraction of sp³-hybridized carbons (Fsp3) is 0.0435. The number of nitrogens with one attached hydrogen (secondary N) is 2. The number of amides is 2. The van der Waals surface area contributed by atoms with Crippen molar-refractivity contribution in [3.8, 4) is 0 Å². The van der Waals surface area contributed by atoms with Gasteiger partial charge in [-0.3, -0.25) is 9.59 Å². The number of hydrogen-bond acceptors (Lipinski definition) is 4. The first kappa shape index (κ1) is 23.2. The van der Waals surface area contributed by atoms with Crippen LogP contribution in [-0.4, -0.2) is 27.9 Å². The largest absolute Gasteiger partial charge is 0.478 e. The van der Waals surface area contributed by atoms with Crippen LogP contribution in [0.5, 0.6) is 0 Å². The zero-order valence-electron chi connectivity index (χ0n) is 16.8. The Morgan fingerprint density at radius 1 is 0.909 bits per heavy atom. The lowest BCUT2D eigenvalue weighted by Crippen LogP contribution is -2.13. The van der Waals surface area contributed by atoms with Crippen molar-refractivity contribution in [2.24, 2.45) is 0 Å². The number of hydrogen-bond donors (Lipinski definition) is 3. The molecule has 2 amide bonds. The minimum Gasteiger partial charge on any atom is -0.478 e. The van der Waals surface area contributed by atoms with Gasteiger partial charge in [0.15, 0.2) is 0 Å². The smallest absolute Gasteiger partial charge is 0.416 e. The molecule has 3 rings (SSSR count). The number of carbonyl (C=O) groups excluding carboxylic acids is 2. The van der Waals surface area contributed by atoms with Gasteiger partial charge in [0.05, 0.1) is 11.1 Å². The zero-order valence-corrected chi connectivity index (χ0v) is 16.8. The molecule has 1 aromatic heterocycles. The third kappa shape index (κ3) is 6.50. The van der Waals surface area contributed by atoms with Crippen molar-refractivity contribution in [2.75, 3.05) is 10.6 Å². The standard InChI is InChI=1S/C23H16F3N3O4/c24-23(25,26)17-5-2-6-18(12-17)28-21(31)15-4-1-3-14(11-15)7-10-20(30)29-19-9-8-16(13-27-19)22(32)33/h1-13H,(H,28,31)(H,32,33)(H,27,29,30)/b10-7+. The first-order valence-corrected chi connectivity index (χ1v) is 9.39. The van der Waals surface area contributed by atoms with Gasteiger partial charge in [-0.1, -0.05) is 18.2 Å². The van der Waals surface area contributed by atoms with Crippen LogP contribution >= 0.6 is 0 Å². The van der Waals surface area contributed by atoms with Crippen molar-refractivity contribution in [1.29, 1.82) is 0 Å². The first-order valence-electron chi connectivity index (χ1n) is 9.39. The van der Waals surface area contributed by atoms with Crippen LogP contribution in [0.4, 0.5) is 24.7 Å². The molecule has 33 heavy (non-hydrogen) atoms. The van der Waals surface area contributed by atoms with Gasteiger partial charge < -0.3 is 15.7 Å². The van der Waals surface area contributed by atoms with Crippen molar-refractivity contribution in [2.45, 2.75) is 6.18 Å². The molecule has 0 atom stereocenters. The molecule has 0 unspecified atom stereocenters. The molecule has 7 nitrogen and oxygen atoms in total. The number of carboxylic acid groups (broad SMARTS) is 1. The summed E-state index contributed by atoms with van der Waals surface area (Å²) in [5.74, 6) is -2.14. The Morgan fingerprint density at radius 3 is 2.33 bits per heavy atom. The predicted molar refractivity (Wildman–Crippen MR) is 115 cm³/mol. The number of benzene rings is 2. The number of alkyl halides is 3. The van der Waals surface area contributed by atoms with E-state index in [1.54, 1.807) is 12.1 Å². The molecular formula is C23H16F3N3O4. The summed E-state index contributed by atoms with van der Waals surface area (Å²) >= 11 is 0. The van der Waals surface area contributed by atoms with E-state index in [0.29, 0.717) is 5.56 Å². The highest BCUT2D eigenvalue weighted by atomic mass is 19.4. The van der Waals surface area contributed by atoms with Crippen molar-refractivity contribution < 1.29 is 32.7 Å². The Morgan fingerprint density at radius 2 is 1.67 bits per heavy atom. The van der Waals surface area contributed by atoms with Crippen LogP contribution in [0.3, 0.4) is 0 Å². The third-order valence-electron chi connectivity index (χ3n) is 4.29. The first-order chi connectivity index (χ1) is 15.6. The monoisotopic (exact) mass is 455 g/mol. The van der Waals surface area contributed by atoms with Crippen LogP contribution in [-0.2, 0) is 11.0 Å². The quantitative estimate of drug-likeness (QED) is 0.467. The number of aromatic nitrogens is 1. The van der Waals surface area contributed by atoms with Crippen LogP contribution in [0.1, 0.15) is 31.8 Å². The van der Waals surface area contributed by atoms with Crippen LogP contribution in [0.25, 0.3) is 6.08 Å². The maximum Gasteiger partial charge on any atom is 0.416 e. The second kappa shape index (κ2) is 9.77. The highest BCUT2D eigenvalue weighted by Gasteiger charge is 2.30. The maximum atomic E-state index is 12.8. The van der Waals surface area contributed by atoms with Crippen LogP contribution in [0.2, 0.25) is 0 Å². The van der Waals surface area contributed by atoms with E-state index < -0.39 is 29.5 Å². The average Bonchev–Trinajstić information content (AvgIpc) is 2.78. The van der Waals surface area contributed by atoms with E-state index >= 15 is 0 Å². The average molecular weight is 455 g/mol. The van der Waals surface area contributed by atoms with Crippen LogP contribution in [0, 0.1) is 0 Å². The highest BCUT2D eigenvalue weighted by Crippen LogP contribution is 2.30. The van der Waals surface area contributed by atoms with E-state index in [1.165, 1.54) is 48.6 Å². The van der Waals surface area contributed by atoms with Gasteiger partial charge in [0, 0.05) is 23.5 Å². The number of pyridine rings is 1. The van der Waals surface area contributed by atoms with Gasteiger partial charge in [-0.2, -0.15) is 13.2 Å². The molecule has 0 aliphatic heterocycles. The zero-order chi connectivity index (χ0) is 24.0. The number of carboxylic acids is 1. The van der Waals surface area contributed by atoms with Gasteiger partial charge in [0.2, 0.25) is 5.91 Å². The normalized spacial score (nSPS) is 11.2. The Balaban J connectivity index is 1.65. The van der Waals surface area contributed by atoms with Crippen molar-refractivity contribution in [1.82, 2.24) is 4.98 Å². The van der Waals surface area contributed by atoms with Gasteiger partial charge in [-0.15, -0.1) is 0 Å². The predicted octanol–water partition coefficient (Wildman–Crippen LogP) is 4.70. The molecule has 0 aliphatic rings. The van der Waals surface area contributed by atoms with Gasteiger partial charge in [-0.25, -0.2) is 9.78 Å². The minimum absolute atomic E-state index is 0.00318. The van der Waals surface area contributed by atoms with Gasteiger partial charge in [0.25, 0.3) is 5.91 Å². The van der Waals surface area contributed by atoms with E-state index in [1.807, 2.05) is 0 Å². The van der Waals surface area contributed by atoms with Gasteiger partial charge >= 0.3 is 12.1 Å². The molecule has 0 aliphatic carbocycles. The van der Waals surface area contributed by atoms with E-state index in [-0.39, 0.29) is 22.6 Å². The molecule has 3 aromatic rings. The molecule has 0 fully saturated rings. The Hall–Kier alpha value is -4.47. The highest BCUT2D eigenvalue weighted by molar-refractivity contribution is 6.05. The van der Waals surface area contributed by atoms with Gasteiger partial charge in [0.1, 0.15) is 5.82 Å². The van der Waals surface area contributed by atoms with E-state index in [9.17, 15) is 27.6 Å². The van der Waals surface area contributed by atoms with E-state index in [2.05, 4.69) is 15.6 Å². The van der Waals surface area contributed by atoms with Crippen LogP contribution in [0.15, 0.2) is 72.9 Å². The minimum atomic E-state index is -4.53. The SMILES string of the molecule is O=C(/C=C/c1cccc(C(=O)Nc2cccc(C(F)(F)F)c2)c1)Nc1ccc(C(=O)O)cn1. The second-order valence-corrected chi connectivity index (χ2v) is 6.72. The molecule has 2 aromatic carbocycles. The number of nitrogens with zero attached hydrogens (tertiary/aromatic N) is 1. The summed E-state index contributed by atoms with van der Waals surface area (Å²) in [5, 5.41) is 13.7. The summed E-state index contributed by atoms with van der Waals surface area (Å²) in [6.07, 6.45) is -0.799. The lowest BCUT2D eigenvalue weighted by molar-refractivity contribution is -0.137. The summed E-state index contributed by atoms with van der Waals surface area (Å²) in [7, 11) is 0. The molecule has 1 heterocycles.